The van der Waals surface area contributed by atoms with Crippen molar-refractivity contribution in [2.24, 2.45) is 0 Å². The first kappa shape index (κ1) is 22.1. The van der Waals surface area contributed by atoms with Crippen LogP contribution in [0.15, 0.2) is 54.7 Å². The number of nitrogens with one attached hydrogen (secondary N) is 1. The quantitative estimate of drug-likeness (QED) is 0.383. The van der Waals surface area contributed by atoms with Crippen molar-refractivity contribution in [1.29, 1.82) is 0 Å². The van der Waals surface area contributed by atoms with Gasteiger partial charge in [0.15, 0.2) is 11.4 Å². The van der Waals surface area contributed by atoms with Crippen LogP contribution in [0.4, 0.5) is 32.0 Å². The number of fused-ring (bicyclic) bond motifs is 1. The highest BCUT2D eigenvalue weighted by atomic mass is 19.3. The van der Waals surface area contributed by atoms with Crippen molar-refractivity contribution in [3.8, 4) is 17.0 Å². The van der Waals surface area contributed by atoms with Gasteiger partial charge in [-0.3, -0.25) is 4.79 Å². The molecule has 0 unspecified atom stereocenters. The monoisotopic (exact) mass is 466 g/mol. The van der Waals surface area contributed by atoms with Gasteiger partial charge < -0.3 is 10.1 Å². The van der Waals surface area contributed by atoms with E-state index in [2.05, 4.69) is 20.1 Å². The number of rotatable bonds is 6. The first-order valence-corrected chi connectivity index (χ1v) is 9.21. The maximum absolute atomic E-state index is 13.7. The van der Waals surface area contributed by atoms with Crippen molar-refractivity contribution >= 4 is 17.2 Å². The van der Waals surface area contributed by atoms with E-state index < -0.39 is 42.0 Å². The van der Waals surface area contributed by atoms with E-state index in [9.17, 15) is 31.1 Å². The van der Waals surface area contributed by atoms with Crippen LogP contribution in [0.1, 0.15) is 22.5 Å². The molecule has 0 radical (unpaired) electrons. The Morgan fingerprint density at radius 2 is 1.67 bits per heavy atom. The zero-order chi connectivity index (χ0) is 23.7. The number of carbonyl (C=O) groups excluding carboxylic acids is 1. The smallest absolute Gasteiger partial charge is 0.387 e. The predicted octanol–water partition coefficient (Wildman–Crippen LogP) is 5.47. The Balaban J connectivity index is 1.77. The van der Waals surface area contributed by atoms with Gasteiger partial charge in [0.25, 0.3) is 12.3 Å². The molecule has 1 amide bonds. The fraction of sp³-hybridized carbons (Fsp3) is 0.0952. The van der Waals surface area contributed by atoms with Crippen LogP contribution in [-0.4, -0.2) is 27.1 Å². The van der Waals surface area contributed by atoms with Crippen molar-refractivity contribution in [2.45, 2.75) is 13.0 Å². The number of halogens is 6. The lowest BCUT2D eigenvalue weighted by Crippen LogP contribution is -2.14. The molecular weight excluding hydrogens is 454 g/mol. The minimum Gasteiger partial charge on any atom is -0.432 e. The summed E-state index contributed by atoms with van der Waals surface area (Å²) in [4.78, 5) is 17.0. The summed E-state index contributed by atoms with van der Waals surface area (Å²) in [7, 11) is 0. The molecule has 0 spiro atoms. The normalized spacial score (nSPS) is 11.4. The van der Waals surface area contributed by atoms with Gasteiger partial charge in [-0.2, -0.15) is 13.9 Å². The van der Waals surface area contributed by atoms with E-state index in [0.29, 0.717) is 11.6 Å². The van der Waals surface area contributed by atoms with Crippen LogP contribution in [0.2, 0.25) is 0 Å². The van der Waals surface area contributed by atoms with Gasteiger partial charge in [0.05, 0.1) is 17.6 Å². The van der Waals surface area contributed by atoms with E-state index in [1.165, 1.54) is 12.1 Å². The van der Waals surface area contributed by atoms with Gasteiger partial charge in [-0.05, 0) is 42.5 Å². The molecule has 4 rings (SSSR count). The Morgan fingerprint density at radius 1 is 0.970 bits per heavy atom. The number of hydrogen-bond donors (Lipinski definition) is 1. The molecule has 12 heteroatoms. The lowest BCUT2D eigenvalue weighted by molar-refractivity contribution is -0.0495. The molecule has 4 aromatic rings. The predicted molar refractivity (Wildman–Crippen MR) is 104 cm³/mol. The van der Waals surface area contributed by atoms with E-state index in [4.69, 9.17) is 0 Å². The van der Waals surface area contributed by atoms with Gasteiger partial charge in [-0.25, -0.2) is 27.1 Å². The largest absolute Gasteiger partial charge is 0.432 e. The average Bonchev–Trinajstić information content (AvgIpc) is 3.19. The van der Waals surface area contributed by atoms with Crippen molar-refractivity contribution in [3.05, 3.63) is 77.6 Å². The van der Waals surface area contributed by atoms with Crippen molar-refractivity contribution < 1.29 is 35.9 Å². The van der Waals surface area contributed by atoms with E-state index in [1.807, 2.05) is 0 Å². The average molecular weight is 466 g/mol. The molecule has 0 saturated heterocycles. The summed E-state index contributed by atoms with van der Waals surface area (Å²) < 4.78 is 84.2. The van der Waals surface area contributed by atoms with Crippen molar-refractivity contribution in [3.63, 3.8) is 0 Å². The topological polar surface area (TPSA) is 68.5 Å². The third-order valence-electron chi connectivity index (χ3n) is 4.52. The number of ether oxygens (including phenoxy) is 1. The molecule has 0 fully saturated rings. The highest BCUT2D eigenvalue weighted by Crippen LogP contribution is 2.30. The summed E-state index contributed by atoms with van der Waals surface area (Å²) in [5.74, 6) is -3.01. The number of carbonyl (C=O) groups is 1. The number of alkyl halides is 4. The molecule has 0 bridgehead atoms. The zero-order valence-corrected chi connectivity index (χ0v) is 16.3. The summed E-state index contributed by atoms with van der Waals surface area (Å²) in [6, 6.07) is 8.49. The van der Waals surface area contributed by atoms with E-state index >= 15 is 0 Å². The number of amides is 1. The maximum Gasteiger partial charge on any atom is 0.387 e. The standard InChI is InChI=1S/C21H12F6N4O2/c22-11-3-1-10(2-4-11)15-8-16(18(24)25)31-19(29-15)13(9-28-31)20(32)30-14-6-5-12(23)7-17(14)33-21(26)27/h1-9,18,21H,(H,30,32). The molecule has 0 aliphatic heterocycles. The van der Waals surface area contributed by atoms with Gasteiger partial charge in [-0.15, -0.1) is 0 Å². The second kappa shape index (κ2) is 8.81. The summed E-state index contributed by atoms with van der Waals surface area (Å²) in [6.07, 6.45) is -2.02. The van der Waals surface area contributed by atoms with Crippen LogP contribution >= 0.6 is 0 Å². The number of hydrogen-bond acceptors (Lipinski definition) is 4. The SMILES string of the molecule is O=C(Nc1ccc(F)cc1OC(F)F)c1cnn2c(C(F)F)cc(-c3ccc(F)cc3)nc12. The van der Waals surface area contributed by atoms with Crippen LogP contribution in [0.3, 0.4) is 0 Å². The van der Waals surface area contributed by atoms with Crippen molar-refractivity contribution in [2.75, 3.05) is 5.32 Å². The Labute approximate surface area is 181 Å². The van der Waals surface area contributed by atoms with Gasteiger partial charge in [0, 0.05) is 11.6 Å². The molecule has 2 heterocycles. The third kappa shape index (κ3) is 4.59. The molecule has 33 heavy (non-hydrogen) atoms. The Morgan fingerprint density at radius 3 is 2.33 bits per heavy atom. The Bertz CT molecular complexity index is 1320. The maximum atomic E-state index is 13.7. The minimum absolute atomic E-state index is 0.0239. The molecule has 0 aliphatic carbocycles. The third-order valence-corrected chi connectivity index (χ3v) is 4.52. The highest BCUT2D eigenvalue weighted by molar-refractivity contribution is 6.08. The minimum atomic E-state index is -3.28. The fourth-order valence-electron chi connectivity index (χ4n) is 3.05. The van der Waals surface area contributed by atoms with Crippen LogP contribution in [0.5, 0.6) is 5.75 Å². The van der Waals surface area contributed by atoms with Gasteiger partial charge in [-0.1, -0.05) is 0 Å². The summed E-state index contributed by atoms with van der Waals surface area (Å²) in [5, 5.41) is 6.04. The molecule has 170 valence electrons. The lowest BCUT2D eigenvalue weighted by atomic mass is 10.1. The molecule has 0 aliphatic rings. The number of aromatic nitrogens is 3. The van der Waals surface area contributed by atoms with Crippen LogP contribution in [0.25, 0.3) is 16.9 Å². The Hall–Kier alpha value is -4.09. The molecule has 2 aromatic heterocycles. The second-order valence-electron chi connectivity index (χ2n) is 6.64. The second-order valence-corrected chi connectivity index (χ2v) is 6.64. The van der Waals surface area contributed by atoms with E-state index in [0.717, 1.165) is 41.0 Å². The zero-order valence-electron chi connectivity index (χ0n) is 16.3. The molecular formula is C21H12F6N4O2. The van der Waals surface area contributed by atoms with Crippen LogP contribution < -0.4 is 10.1 Å². The van der Waals surface area contributed by atoms with Crippen LogP contribution in [0, 0.1) is 11.6 Å². The molecule has 6 nitrogen and oxygen atoms in total. The number of nitrogens with zero attached hydrogens (tertiary/aromatic N) is 3. The molecule has 1 N–H and O–H groups in total. The van der Waals surface area contributed by atoms with Gasteiger partial charge >= 0.3 is 6.61 Å². The van der Waals surface area contributed by atoms with Crippen molar-refractivity contribution in [1.82, 2.24) is 14.6 Å². The molecule has 0 atom stereocenters. The number of anilines is 1. The first-order valence-electron chi connectivity index (χ1n) is 9.21. The lowest BCUT2D eigenvalue weighted by Gasteiger charge is -2.12. The van der Waals surface area contributed by atoms with E-state index in [1.54, 1.807) is 0 Å². The van der Waals surface area contributed by atoms with Gasteiger partial charge in [0.2, 0.25) is 0 Å². The molecule has 0 saturated carbocycles. The molecule has 2 aromatic carbocycles. The fourth-order valence-corrected chi connectivity index (χ4v) is 3.05. The summed E-state index contributed by atoms with van der Waals surface area (Å²) >= 11 is 0. The van der Waals surface area contributed by atoms with Gasteiger partial charge in [0.1, 0.15) is 22.9 Å². The Kier molecular flexibility index (Phi) is 5.90. The highest BCUT2D eigenvalue weighted by Gasteiger charge is 2.23. The summed E-state index contributed by atoms with van der Waals surface area (Å²) in [6.45, 7) is -3.28. The first-order chi connectivity index (χ1) is 15.7. The van der Waals surface area contributed by atoms with Crippen LogP contribution in [-0.2, 0) is 0 Å². The number of benzene rings is 2. The van der Waals surface area contributed by atoms with E-state index in [-0.39, 0.29) is 22.6 Å². The summed E-state index contributed by atoms with van der Waals surface area (Å²) in [5.41, 5.74) is -1.07.